The number of nitrogens with two attached hydrogens (primary N) is 1. The molecule has 2 atom stereocenters. The first-order valence-electron chi connectivity index (χ1n) is 7.84. The Morgan fingerprint density at radius 3 is 2.80 bits per heavy atom. The first kappa shape index (κ1) is 15.3. The predicted molar refractivity (Wildman–Crippen MR) is 84.0 cm³/mol. The van der Waals surface area contributed by atoms with Crippen LogP contribution in [0.5, 0.6) is 5.75 Å². The minimum absolute atomic E-state index is 0.206. The largest absolute Gasteiger partial charge is 0.491 e. The highest BCUT2D eigenvalue weighted by Gasteiger charge is 2.27. The molecule has 1 aromatic carbocycles. The first-order chi connectivity index (χ1) is 9.63. The summed E-state index contributed by atoms with van der Waals surface area (Å²) in [6.07, 6.45) is 2.78. The molecule has 1 aliphatic heterocycles. The van der Waals surface area contributed by atoms with Gasteiger partial charge in [0.25, 0.3) is 0 Å². The minimum Gasteiger partial charge on any atom is -0.491 e. The molecule has 0 saturated carbocycles. The van der Waals surface area contributed by atoms with Crippen LogP contribution < -0.4 is 10.5 Å². The van der Waals surface area contributed by atoms with E-state index in [2.05, 4.69) is 43.9 Å². The molecule has 1 aromatic rings. The molecule has 1 saturated heterocycles. The second kappa shape index (κ2) is 7.09. The summed E-state index contributed by atoms with van der Waals surface area (Å²) in [5.74, 6) is 1.78. The van der Waals surface area contributed by atoms with Crippen LogP contribution in [0.1, 0.15) is 45.2 Å². The number of benzene rings is 1. The normalized spacial score (nSPS) is 21.4. The van der Waals surface area contributed by atoms with Crippen molar-refractivity contribution in [2.24, 2.45) is 11.7 Å². The Hall–Kier alpha value is -1.06. The van der Waals surface area contributed by atoms with Crippen LogP contribution in [-0.4, -0.2) is 30.6 Å². The Bertz CT molecular complexity index is 419. The topological polar surface area (TPSA) is 38.5 Å². The van der Waals surface area contributed by atoms with Gasteiger partial charge in [0, 0.05) is 19.1 Å². The van der Waals surface area contributed by atoms with Crippen molar-refractivity contribution in [2.45, 2.75) is 45.8 Å². The van der Waals surface area contributed by atoms with Gasteiger partial charge in [0.2, 0.25) is 0 Å². The van der Waals surface area contributed by atoms with Crippen molar-refractivity contribution in [2.75, 3.05) is 19.6 Å². The highest BCUT2D eigenvalue weighted by molar-refractivity contribution is 5.31. The van der Waals surface area contributed by atoms with Crippen molar-refractivity contribution in [1.29, 1.82) is 0 Å². The highest BCUT2D eigenvalue weighted by atomic mass is 16.5. The van der Waals surface area contributed by atoms with Crippen LogP contribution in [0, 0.1) is 5.92 Å². The van der Waals surface area contributed by atoms with Gasteiger partial charge in [-0.15, -0.1) is 0 Å². The van der Waals surface area contributed by atoms with E-state index in [1.165, 1.54) is 24.9 Å². The summed E-state index contributed by atoms with van der Waals surface area (Å²) < 4.78 is 5.80. The van der Waals surface area contributed by atoms with E-state index >= 15 is 0 Å². The lowest BCUT2D eigenvalue weighted by Gasteiger charge is -2.27. The van der Waals surface area contributed by atoms with Crippen molar-refractivity contribution in [3.8, 4) is 5.75 Å². The molecule has 3 nitrogen and oxygen atoms in total. The van der Waals surface area contributed by atoms with E-state index in [0.717, 1.165) is 18.2 Å². The lowest BCUT2D eigenvalue weighted by molar-refractivity contribution is 0.232. The summed E-state index contributed by atoms with van der Waals surface area (Å²) in [5.41, 5.74) is 7.32. The predicted octanol–water partition coefficient (Wildman–Crippen LogP) is 3.21. The number of hydrogen-bond acceptors (Lipinski definition) is 3. The number of likely N-dealkylation sites (tertiary alicyclic amines) is 1. The van der Waals surface area contributed by atoms with Crippen molar-refractivity contribution in [3.63, 3.8) is 0 Å². The quantitative estimate of drug-likeness (QED) is 0.867. The molecular formula is C17H28N2O. The standard InChI is InChI=1S/C17H28N2O/c1-4-14-8-9-19(12-14)17(11-18)15-6-5-7-16(10-15)20-13(2)3/h5-7,10,13-14,17H,4,8-9,11-12,18H2,1-3H3. The SMILES string of the molecule is CCC1CCN(C(CN)c2cccc(OC(C)C)c2)C1. The zero-order valence-electron chi connectivity index (χ0n) is 13.0. The Morgan fingerprint density at radius 2 is 2.20 bits per heavy atom. The Morgan fingerprint density at radius 1 is 1.40 bits per heavy atom. The van der Waals surface area contributed by atoms with Crippen LogP contribution in [0.25, 0.3) is 0 Å². The van der Waals surface area contributed by atoms with E-state index < -0.39 is 0 Å². The summed E-state index contributed by atoms with van der Waals surface area (Å²) in [5, 5.41) is 0. The lowest BCUT2D eigenvalue weighted by atomic mass is 10.0. The van der Waals surface area contributed by atoms with E-state index in [9.17, 15) is 0 Å². The molecular weight excluding hydrogens is 248 g/mol. The van der Waals surface area contributed by atoms with Gasteiger partial charge >= 0.3 is 0 Å². The molecule has 0 aliphatic carbocycles. The van der Waals surface area contributed by atoms with E-state index in [1.54, 1.807) is 0 Å². The monoisotopic (exact) mass is 276 g/mol. The summed E-state index contributed by atoms with van der Waals surface area (Å²) in [6.45, 7) is 9.40. The third-order valence-corrected chi connectivity index (χ3v) is 4.17. The lowest BCUT2D eigenvalue weighted by Crippen LogP contribution is -2.32. The molecule has 2 rings (SSSR count). The van der Waals surface area contributed by atoms with E-state index in [4.69, 9.17) is 10.5 Å². The Balaban J connectivity index is 2.11. The molecule has 2 N–H and O–H groups in total. The first-order valence-corrected chi connectivity index (χ1v) is 7.84. The molecule has 1 fully saturated rings. The van der Waals surface area contributed by atoms with Gasteiger partial charge in [-0.05, 0) is 50.4 Å². The molecule has 2 unspecified atom stereocenters. The molecule has 20 heavy (non-hydrogen) atoms. The zero-order valence-corrected chi connectivity index (χ0v) is 13.0. The van der Waals surface area contributed by atoms with Crippen LogP contribution in [0.2, 0.25) is 0 Å². The van der Waals surface area contributed by atoms with Gasteiger partial charge in [0.1, 0.15) is 5.75 Å². The van der Waals surface area contributed by atoms with Crippen LogP contribution in [-0.2, 0) is 0 Å². The molecule has 3 heteroatoms. The van der Waals surface area contributed by atoms with Gasteiger partial charge in [-0.1, -0.05) is 25.5 Å². The molecule has 1 aliphatic rings. The van der Waals surface area contributed by atoms with Gasteiger partial charge in [-0.2, -0.15) is 0 Å². The number of ether oxygens (including phenoxy) is 1. The molecule has 1 heterocycles. The van der Waals surface area contributed by atoms with Crippen LogP contribution in [0.4, 0.5) is 0 Å². The average Bonchev–Trinajstić information content (AvgIpc) is 2.88. The van der Waals surface area contributed by atoms with E-state index in [0.29, 0.717) is 12.6 Å². The Kier molecular flexibility index (Phi) is 5.44. The molecule has 0 radical (unpaired) electrons. The third kappa shape index (κ3) is 3.74. The fraction of sp³-hybridized carbons (Fsp3) is 0.647. The third-order valence-electron chi connectivity index (χ3n) is 4.17. The molecule has 0 amide bonds. The van der Waals surface area contributed by atoms with Crippen molar-refractivity contribution < 1.29 is 4.74 Å². The molecule has 0 spiro atoms. The maximum absolute atomic E-state index is 6.04. The van der Waals surface area contributed by atoms with Gasteiger partial charge < -0.3 is 10.5 Å². The van der Waals surface area contributed by atoms with Crippen molar-refractivity contribution >= 4 is 0 Å². The van der Waals surface area contributed by atoms with Gasteiger partial charge in [0.05, 0.1) is 6.10 Å². The van der Waals surface area contributed by atoms with E-state index in [-0.39, 0.29) is 6.10 Å². The smallest absolute Gasteiger partial charge is 0.120 e. The number of nitrogens with zero attached hydrogens (tertiary/aromatic N) is 1. The molecule has 0 bridgehead atoms. The fourth-order valence-electron chi connectivity index (χ4n) is 3.04. The van der Waals surface area contributed by atoms with Gasteiger partial charge in [-0.3, -0.25) is 4.90 Å². The minimum atomic E-state index is 0.206. The zero-order chi connectivity index (χ0) is 14.5. The summed E-state index contributed by atoms with van der Waals surface area (Å²) in [6, 6.07) is 8.74. The van der Waals surface area contributed by atoms with Crippen LogP contribution in [0.3, 0.4) is 0 Å². The summed E-state index contributed by atoms with van der Waals surface area (Å²) in [4.78, 5) is 2.53. The van der Waals surface area contributed by atoms with Gasteiger partial charge in [0.15, 0.2) is 0 Å². The van der Waals surface area contributed by atoms with Crippen LogP contribution >= 0.6 is 0 Å². The van der Waals surface area contributed by atoms with Crippen LogP contribution in [0.15, 0.2) is 24.3 Å². The average molecular weight is 276 g/mol. The summed E-state index contributed by atoms with van der Waals surface area (Å²) in [7, 11) is 0. The maximum Gasteiger partial charge on any atom is 0.120 e. The second-order valence-corrected chi connectivity index (χ2v) is 6.05. The maximum atomic E-state index is 6.04. The summed E-state index contributed by atoms with van der Waals surface area (Å²) >= 11 is 0. The second-order valence-electron chi connectivity index (χ2n) is 6.05. The highest BCUT2D eigenvalue weighted by Crippen LogP contribution is 2.30. The number of hydrogen-bond donors (Lipinski definition) is 1. The van der Waals surface area contributed by atoms with Crippen molar-refractivity contribution in [1.82, 2.24) is 4.90 Å². The van der Waals surface area contributed by atoms with E-state index in [1.807, 2.05) is 6.07 Å². The fourth-order valence-corrected chi connectivity index (χ4v) is 3.04. The molecule has 112 valence electrons. The molecule has 0 aromatic heterocycles. The Labute approximate surface area is 123 Å². The van der Waals surface area contributed by atoms with Gasteiger partial charge in [-0.25, -0.2) is 0 Å². The van der Waals surface area contributed by atoms with Crippen molar-refractivity contribution in [3.05, 3.63) is 29.8 Å². The number of rotatable bonds is 6.